The van der Waals surface area contributed by atoms with Gasteiger partial charge >= 0.3 is 14.8 Å². The van der Waals surface area contributed by atoms with Crippen molar-refractivity contribution in [1.82, 2.24) is 0 Å². The summed E-state index contributed by atoms with van der Waals surface area (Å²) >= 11 is -1.67. The van der Waals surface area contributed by atoms with Gasteiger partial charge in [-0.05, 0) is 12.3 Å². The lowest BCUT2D eigenvalue weighted by molar-refractivity contribution is -1.62. The first-order chi connectivity index (χ1) is 4.70. The molecule has 56 valence electrons. The van der Waals surface area contributed by atoms with Crippen molar-refractivity contribution in [3.8, 4) is 5.75 Å². The lowest BCUT2D eigenvalue weighted by atomic mass is 10.4. The van der Waals surface area contributed by atoms with Crippen LogP contribution in [-0.2, 0) is 0 Å². The molecule has 10 heavy (non-hydrogen) atoms. The Morgan fingerprint density at radius 2 is 2.20 bits per heavy atom. The zero-order valence-electron chi connectivity index (χ0n) is 5.17. The van der Waals surface area contributed by atoms with E-state index < -0.39 is 14.8 Å². The van der Waals surface area contributed by atoms with Crippen molar-refractivity contribution < 1.29 is 27.0 Å². The quantitative estimate of drug-likeness (QED) is 0.683. The SMILES string of the molecule is Cc1cscc1O[Br+2]([O-])[O-]. The molecule has 0 atom stereocenters. The fraction of sp³-hybridized carbons (Fsp3) is 0.200. The van der Waals surface area contributed by atoms with Crippen LogP contribution in [0.15, 0.2) is 10.8 Å². The maximum Gasteiger partial charge on any atom is 0.501 e. The molecule has 0 aliphatic heterocycles. The molecule has 5 heteroatoms. The van der Waals surface area contributed by atoms with E-state index in [0.29, 0.717) is 5.75 Å². The van der Waals surface area contributed by atoms with E-state index in [2.05, 4.69) is 3.83 Å². The standard InChI is InChI=1S/C5H5BrO3S/c1-4-2-10-3-5(4)9-6(7)8/h2-3H,1H3. The van der Waals surface area contributed by atoms with Gasteiger partial charge in [-0.3, -0.25) is 0 Å². The molecular weight excluding hydrogens is 220 g/mol. The molecule has 0 saturated heterocycles. The first-order valence-corrected chi connectivity index (χ1v) is 5.35. The Labute approximate surface area is 67.7 Å². The van der Waals surface area contributed by atoms with Crippen LogP contribution in [0.4, 0.5) is 0 Å². The van der Waals surface area contributed by atoms with Gasteiger partial charge in [0.05, 0.1) is 0 Å². The van der Waals surface area contributed by atoms with Gasteiger partial charge in [0, 0.05) is 10.9 Å². The molecule has 0 amide bonds. The largest absolute Gasteiger partial charge is 0.501 e. The van der Waals surface area contributed by atoms with Gasteiger partial charge < -0.3 is 8.40 Å². The number of rotatable bonds is 2. The highest BCUT2D eigenvalue weighted by Gasteiger charge is 2.15. The summed E-state index contributed by atoms with van der Waals surface area (Å²) in [6.07, 6.45) is 0. The number of halogens is 1. The van der Waals surface area contributed by atoms with Gasteiger partial charge in [-0.2, -0.15) is 0 Å². The smallest absolute Gasteiger partial charge is 0.361 e. The minimum atomic E-state index is -3.09. The number of hydrogen-bond donors (Lipinski definition) is 0. The van der Waals surface area contributed by atoms with Gasteiger partial charge in [0.1, 0.15) is 0 Å². The van der Waals surface area contributed by atoms with Crippen molar-refractivity contribution in [2.45, 2.75) is 6.92 Å². The van der Waals surface area contributed by atoms with Crippen LogP contribution in [0.5, 0.6) is 5.75 Å². The third-order valence-corrected chi connectivity index (χ3v) is 2.41. The van der Waals surface area contributed by atoms with Crippen molar-refractivity contribution >= 4 is 11.3 Å². The second kappa shape index (κ2) is 3.34. The topological polar surface area (TPSA) is 55.3 Å². The Morgan fingerprint density at radius 1 is 1.50 bits per heavy atom. The summed E-state index contributed by atoms with van der Waals surface area (Å²) in [7, 11) is 0. The van der Waals surface area contributed by atoms with Gasteiger partial charge in [0.25, 0.3) is 0 Å². The lowest BCUT2D eigenvalue weighted by Gasteiger charge is -1.90. The van der Waals surface area contributed by atoms with Crippen LogP contribution in [0.3, 0.4) is 0 Å². The minimum absolute atomic E-state index is 0.449. The predicted octanol–water partition coefficient (Wildman–Crippen LogP) is -0.478. The molecule has 1 aromatic rings. The summed E-state index contributed by atoms with van der Waals surface area (Å²) in [6, 6.07) is 0. The van der Waals surface area contributed by atoms with Crippen molar-refractivity contribution in [2.24, 2.45) is 0 Å². The zero-order valence-corrected chi connectivity index (χ0v) is 7.57. The summed E-state index contributed by atoms with van der Waals surface area (Å²) < 4.78 is 24.6. The molecule has 0 spiro atoms. The Hall–Kier alpha value is -0.100. The van der Waals surface area contributed by atoms with E-state index in [1.807, 2.05) is 5.38 Å². The van der Waals surface area contributed by atoms with Crippen LogP contribution in [0.1, 0.15) is 5.56 Å². The molecule has 0 N–H and O–H groups in total. The third kappa shape index (κ3) is 1.95. The van der Waals surface area contributed by atoms with Crippen LogP contribution >= 0.6 is 11.3 Å². The third-order valence-electron chi connectivity index (χ3n) is 0.955. The molecule has 0 bridgehead atoms. The Bertz CT molecular complexity index is 210. The van der Waals surface area contributed by atoms with E-state index in [4.69, 9.17) is 0 Å². The predicted molar refractivity (Wildman–Crippen MR) is 29.7 cm³/mol. The molecule has 1 heterocycles. The fourth-order valence-corrected chi connectivity index (χ4v) is 2.00. The molecule has 0 aliphatic rings. The van der Waals surface area contributed by atoms with Gasteiger partial charge in [0.15, 0.2) is 0 Å². The lowest BCUT2D eigenvalue weighted by Crippen LogP contribution is -2.36. The minimum Gasteiger partial charge on any atom is -0.361 e. The van der Waals surface area contributed by atoms with Gasteiger partial charge in [-0.15, -0.1) is 15.2 Å². The Kier molecular flexibility index (Phi) is 2.67. The Balaban J connectivity index is 2.65. The van der Waals surface area contributed by atoms with Gasteiger partial charge in [-0.25, -0.2) is 0 Å². The van der Waals surface area contributed by atoms with E-state index >= 15 is 0 Å². The highest BCUT2D eigenvalue weighted by Crippen LogP contribution is 2.22. The molecule has 0 radical (unpaired) electrons. The monoisotopic (exact) mass is 224 g/mol. The molecule has 0 aliphatic carbocycles. The van der Waals surface area contributed by atoms with Crippen LogP contribution in [-0.4, -0.2) is 0 Å². The van der Waals surface area contributed by atoms with Crippen molar-refractivity contribution in [3.05, 3.63) is 16.3 Å². The highest BCUT2D eigenvalue weighted by molar-refractivity contribution is 7.08. The summed E-state index contributed by atoms with van der Waals surface area (Å²) in [4.78, 5) is 0. The summed E-state index contributed by atoms with van der Waals surface area (Å²) in [5.41, 5.74) is 0.861. The maximum atomic E-state index is 10.1. The van der Waals surface area contributed by atoms with E-state index in [-0.39, 0.29) is 0 Å². The molecule has 0 unspecified atom stereocenters. The molecule has 3 nitrogen and oxygen atoms in total. The average Bonchev–Trinajstić information content (AvgIpc) is 2.15. The van der Waals surface area contributed by atoms with E-state index in [0.717, 1.165) is 5.56 Å². The molecule has 1 rings (SSSR count). The molecule has 0 aromatic carbocycles. The fourth-order valence-electron chi connectivity index (χ4n) is 0.496. The molecule has 1 aromatic heterocycles. The van der Waals surface area contributed by atoms with E-state index in [1.165, 1.54) is 11.3 Å². The van der Waals surface area contributed by atoms with Gasteiger partial charge in [0.2, 0.25) is 5.75 Å². The van der Waals surface area contributed by atoms with Crippen molar-refractivity contribution in [2.75, 3.05) is 0 Å². The van der Waals surface area contributed by atoms with Gasteiger partial charge in [-0.1, -0.05) is 0 Å². The second-order valence-electron chi connectivity index (χ2n) is 1.69. The van der Waals surface area contributed by atoms with Crippen molar-refractivity contribution in [3.63, 3.8) is 0 Å². The molecule has 0 saturated carbocycles. The first kappa shape index (κ1) is 8.00. The second-order valence-corrected chi connectivity index (χ2v) is 3.55. The Morgan fingerprint density at radius 3 is 2.60 bits per heavy atom. The van der Waals surface area contributed by atoms with E-state index in [9.17, 15) is 8.40 Å². The normalized spacial score (nSPS) is 10.4. The first-order valence-electron chi connectivity index (χ1n) is 2.47. The molecular formula is C5H5BrO3S. The number of aryl methyl sites for hydroxylation is 1. The molecule has 0 fully saturated rings. The van der Waals surface area contributed by atoms with Crippen molar-refractivity contribution in [1.29, 1.82) is 0 Å². The van der Waals surface area contributed by atoms with Crippen LogP contribution < -0.4 is 12.2 Å². The van der Waals surface area contributed by atoms with E-state index in [1.54, 1.807) is 12.3 Å². The maximum absolute atomic E-state index is 10.1. The number of hydrogen-bond acceptors (Lipinski definition) is 4. The summed E-state index contributed by atoms with van der Waals surface area (Å²) in [5.74, 6) is 0.449. The van der Waals surface area contributed by atoms with Crippen LogP contribution in [0.2, 0.25) is 0 Å². The number of thiophene rings is 1. The highest BCUT2D eigenvalue weighted by atomic mass is 80.0. The zero-order chi connectivity index (χ0) is 7.56. The van der Waals surface area contributed by atoms with Crippen LogP contribution in [0, 0.1) is 21.7 Å². The average molecular weight is 225 g/mol. The summed E-state index contributed by atoms with van der Waals surface area (Å²) in [6.45, 7) is 1.80. The summed E-state index contributed by atoms with van der Waals surface area (Å²) in [5, 5.41) is 3.50. The van der Waals surface area contributed by atoms with Crippen LogP contribution in [0.25, 0.3) is 0 Å².